The van der Waals surface area contributed by atoms with Crippen LogP contribution < -0.4 is 5.32 Å². The molecular formula is C6H10FNO2. The third-order valence-corrected chi connectivity index (χ3v) is 1.35. The highest BCUT2D eigenvalue weighted by atomic mass is 19.1. The molecule has 58 valence electrons. The van der Waals surface area contributed by atoms with Crippen molar-refractivity contribution >= 4 is 5.91 Å². The summed E-state index contributed by atoms with van der Waals surface area (Å²) >= 11 is 0. The number of halogens is 1. The standard InChI is InChI=1S/C6H10FNO2/c1-2-5(9)8-6(7)3-10-4-6/h2-4H2,1H3,(H,8,9). The molecule has 1 saturated heterocycles. The van der Waals surface area contributed by atoms with Crippen LogP contribution in [0.2, 0.25) is 0 Å². The van der Waals surface area contributed by atoms with Gasteiger partial charge in [-0.3, -0.25) is 4.79 Å². The molecule has 0 aromatic rings. The fraction of sp³-hybridized carbons (Fsp3) is 0.833. The van der Waals surface area contributed by atoms with Crippen LogP contribution in [0, 0.1) is 0 Å². The maximum Gasteiger partial charge on any atom is 0.229 e. The first-order valence-corrected chi connectivity index (χ1v) is 3.24. The van der Waals surface area contributed by atoms with E-state index in [1.165, 1.54) is 0 Å². The molecular weight excluding hydrogens is 137 g/mol. The summed E-state index contributed by atoms with van der Waals surface area (Å²) in [6.07, 6.45) is 0.311. The zero-order chi connectivity index (χ0) is 7.61. The van der Waals surface area contributed by atoms with Gasteiger partial charge in [-0.15, -0.1) is 0 Å². The molecule has 3 nitrogen and oxygen atoms in total. The monoisotopic (exact) mass is 147 g/mol. The Morgan fingerprint density at radius 3 is 2.70 bits per heavy atom. The molecule has 1 aliphatic rings. The van der Waals surface area contributed by atoms with E-state index in [1.54, 1.807) is 6.92 Å². The lowest BCUT2D eigenvalue weighted by atomic mass is 10.2. The van der Waals surface area contributed by atoms with Crippen molar-refractivity contribution in [2.24, 2.45) is 0 Å². The van der Waals surface area contributed by atoms with Crippen molar-refractivity contribution in [1.82, 2.24) is 5.32 Å². The van der Waals surface area contributed by atoms with Gasteiger partial charge in [0, 0.05) is 6.42 Å². The lowest BCUT2D eigenvalue weighted by Crippen LogP contribution is -2.58. The molecule has 1 amide bonds. The number of nitrogens with one attached hydrogen (secondary N) is 1. The van der Waals surface area contributed by atoms with E-state index in [-0.39, 0.29) is 19.1 Å². The second kappa shape index (κ2) is 2.54. The molecule has 4 heteroatoms. The van der Waals surface area contributed by atoms with E-state index < -0.39 is 5.79 Å². The molecule has 1 N–H and O–H groups in total. The number of carbonyl (C=O) groups excluding carboxylic acids is 1. The highest BCUT2D eigenvalue weighted by Crippen LogP contribution is 2.17. The smallest absolute Gasteiger partial charge is 0.229 e. The minimum Gasteiger partial charge on any atom is -0.371 e. The fourth-order valence-corrected chi connectivity index (χ4v) is 0.692. The number of amides is 1. The highest BCUT2D eigenvalue weighted by molar-refractivity contribution is 5.76. The van der Waals surface area contributed by atoms with Gasteiger partial charge < -0.3 is 10.1 Å². The Bertz CT molecular complexity index is 145. The molecule has 1 heterocycles. The number of alkyl halides is 1. The average Bonchev–Trinajstić information content (AvgIpc) is 1.84. The minimum atomic E-state index is -1.58. The van der Waals surface area contributed by atoms with Crippen LogP contribution >= 0.6 is 0 Å². The zero-order valence-electron chi connectivity index (χ0n) is 5.82. The van der Waals surface area contributed by atoms with Gasteiger partial charge in [0.25, 0.3) is 0 Å². The second-order valence-corrected chi connectivity index (χ2v) is 2.36. The van der Waals surface area contributed by atoms with Crippen molar-refractivity contribution in [2.75, 3.05) is 13.2 Å². The molecule has 0 aromatic carbocycles. The molecule has 0 unspecified atom stereocenters. The van der Waals surface area contributed by atoms with Crippen molar-refractivity contribution in [3.05, 3.63) is 0 Å². The molecule has 0 aromatic heterocycles. The maximum atomic E-state index is 12.9. The quantitative estimate of drug-likeness (QED) is 0.567. The Morgan fingerprint density at radius 1 is 1.80 bits per heavy atom. The van der Waals surface area contributed by atoms with E-state index in [0.717, 1.165) is 0 Å². The predicted octanol–water partition coefficient (Wildman–Crippen LogP) is 0.209. The van der Waals surface area contributed by atoms with Crippen LogP contribution in [0.15, 0.2) is 0 Å². The lowest BCUT2D eigenvalue weighted by Gasteiger charge is -2.33. The van der Waals surface area contributed by atoms with E-state index >= 15 is 0 Å². The Balaban J connectivity index is 2.29. The fourth-order valence-electron chi connectivity index (χ4n) is 0.692. The lowest BCUT2D eigenvalue weighted by molar-refractivity contribution is -0.161. The van der Waals surface area contributed by atoms with Gasteiger partial charge >= 0.3 is 0 Å². The third-order valence-electron chi connectivity index (χ3n) is 1.35. The highest BCUT2D eigenvalue weighted by Gasteiger charge is 2.39. The Morgan fingerprint density at radius 2 is 2.40 bits per heavy atom. The van der Waals surface area contributed by atoms with Crippen molar-refractivity contribution in [2.45, 2.75) is 19.1 Å². The maximum absolute atomic E-state index is 12.9. The van der Waals surface area contributed by atoms with Gasteiger partial charge in [-0.05, 0) is 0 Å². The summed E-state index contributed by atoms with van der Waals surface area (Å²) in [7, 11) is 0. The van der Waals surface area contributed by atoms with Gasteiger partial charge in [0.05, 0.1) is 0 Å². The van der Waals surface area contributed by atoms with Crippen LogP contribution in [-0.2, 0) is 9.53 Å². The first-order chi connectivity index (χ1) is 4.66. The molecule has 1 aliphatic heterocycles. The minimum absolute atomic E-state index is 0.0151. The van der Waals surface area contributed by atoms with E-state index in [4.69, 9.17) is 0 Å². The largest absolute Gasteiger partial charge is 0.371 e. The molecule has 0 bridgehead atoms. The normalized spacial score (nSPS) is 21.4. The predicted molar refractivity (Wildman–Crippen MR) is 33.1 cm³/mol. The summed E-state index contributed by atoms with van der Waals surface area (Å²) in [6, 6.07) is 0. The molecule has 0 spiro atoms. The summed E-state index contributed by atoms with van der Waals surface area (Å²) in [5, 5.41) is 2.21. The van der Waals surface area contributed by atoms with E-state index in [2.05, 4.69) is 10.1 Å². The summed E-state index contributed by atoms with van der Waals surface area (Å²) in [5.74, 6) is -1.85. The van der Waals surface area contributed by atoms with Crippen LogP contribution in [-0.4, -0.2) is 24.9 Å². The number of hydrogen-bond donors (Lipinski definition) is 1. The summed E-state index contributed by atoms with van der Waals surface area (Å²) in [4.78, 5) is 10.6. The van der Waals surface area contributed by atoms with Crippen LogP contribution in [0.4, 0.5) is 4.39 Å². The summed E-state index contributed by atoms with van der Waals surface area (Å²) in [5.41, 5.74) is 0. The topological polar surface area (TPSA) is 38.3 Å². The van der Waals surface area contributed by atoms with Gasteiger partial charge in [0.2, 0.25) is 11.7 Å². The first-order valence-electron chi connectivity index (χ1n) is 3.24. The van der Waals surface area contributed by atoms with Crippen molar-refractivity contribution in [1.29, 1.82) is 0 Å². The van der Waals surface area contributed by atoms with Gasteiger partial charge in [0.1, 0.15) is 13.2 Å². The summed E-state index contributed by atoms with van der Waals surface area (Å²) in [6.45, 7) is 1.65. The summed E-state index contributed by atoms with van der Waals surface area (Å²) < 4.78 is 17.5. The molecule has 0 aliphatic carbocycles. The zero-order valence-corrected chi connectivity index (χ0v) is 5.82. The number of ether oxygens (including phenoxy) is 1. The van der Waals surface area contributed by atoms with E-state index in [0.29, 0.717) is 6.42 Å². The van der Waals surface area contributed by atoms with Crippen LogP contribution in [0.5, 0.6) is 0 Å². The molecule has 1 rings (SSSR count). The van der Waals surface area contributed by atoms with Crippen LogP contribution in [0.1, 0.15) is 13.3 Å². The van der Waals surface area contributed by atoms with Gasteiger partial charge in [-0.1, -0.05) is 6.92 Å². The van der Waals surface area contributed by atoms with E-state index in [1.807, 2.05) is 0 Å². The third kappa shape index (κ3) is 1.44. The first kappa shape index (κ1) is 7.47. The van der Waals surface area contributed by atoms with Gasteiger partial charge in [-0.2, -0.15) is 0 Å². The number of hydrogen-bond acceptors (Lipinski definition) is 2. The van der Waals surface area contributed by atoms with Gasteiger partial charge in [-0.25, -0.2) is 4.39 Å². The molecule has 0 radical (unpaired) electrons. The number of carbonyl (C=O) groups is 1. The Labute approximate surface area is 58.5 Å². The van der Waals surface area contributed by atoms with Crippen LogP contribution in [0.25, 0.3) is 0 Å². The Hall–Kier alpha value is -0.640. The van der Waals surface area contributed by atoms with Crippen molar-refractivity contribution in [3.63, 3.8) is 0 Å². The van der Waals surface area contributed by atoms with Gasteiger partial charge in [0.15, 0.2) is 0 Å². The molecule has 0 atom stereocenters. The Kier molecular flexibility index (Phi) is 1.89. The molecule has 10 heavy (non-hydrogen) atoms. The SMILES string of the molecule is CCC(=O)NC1(F)COC1. The number of rotatable bonds is 2. The average molecular weight is 147 g/mol. The molecule has 1 fully saturated rings. The van der Waals surface area contributed by atoms with Crippen LogP contribution in [0.3, 0.4) is 0 Å². The molecule has 0 saturated carbocycles. The second-order valence-electron chi connectivity index (χ2n) is 2.36. The van der Waals surface area contributed by atoms with E-state index in [9.17, 15) is 9.18 Å². The van der Waals surface area contributed by atoms with Crippen molar-refractivity contribution < 1.29 is 13.9 Å². The van der Waals surface area contributed by atoms with Crippen molar-refractivity contribution in [3.8, 4) is 0 Å².